The Morgan fingerprint density at radius 3 is 3.07 bits per heavy atom. The third-order valence-electron chi connectivity index (χ3n) is 2.21. The van der Waals surface area contributed by atoms with Gasteiger partial charge >= 0.3 is 0 Å². The molecule has 0 bridgehead atoms. The van der Waals surface area contributed by atoms with Crippen LogP contribution in [0.3, 0.4) is 0 Å². The summed E-state index contributed by atoms with van der Waals surface area (Å²) in [5.41, 5.74) is 7.06. The van der Waals surface area contributed by atoms with Gasteiger partial charge in [0.05, 0.1) is 12.3 Å². The minimum atomic E-state index is -0.129. The Kier molecular flexibility index (Phi) is 2.37. The van der Waals surface area contributed by atoms with Crippen LogP contribution < -0.4 is 5.73 Å². The van der Waals surface area contributed by atoms with Crippen molar-refractivity contribution in [2.75, 3.05) is 0 Å². The van der Waals surface area contributed by atoms with Gasteiger partial charge in [0.25, 0.3) is 0 Å². The fourth-order valence-electron chi connectivity index (χ4n) is 1.47. The highest BCUT2D eigenvalue weighted by Gasteiger charge is 2.13. The minimum absolute atomic E-state index is 0.129. The quantitative estimate of drug-likeness (QED) is 0.773. The first-order chi connectivity index (χ1) is 6.77. The summed E-state index contributed by atoms with van der Waals surface area (Å²) in [5.74, 6) is 1.72. The summed E-state index contributed by atoms with van der Waals surface area (Å²) < 4.78 is 5.31. The molecule has 0 fully saturated rings. The van der Waals surface area contributed by atoms with E-state index in [1.54, 1.807) is 18.7 Å². The smallest absolute Gasteiger partial charge is 0.123 e. The maximum Gasteiger partial charge on any atom is 0.123 e. The number of aromatic nitrogens is 2. The molecule has 0 saturated carbocycles. The lowest BCUT2D eigenvalue weighted by Gasteiger charge is -2.07. The topological polar surface area (TPSA) is 67.8 Å². The van der Waals surface area contributed by atoms with E-state index in [0.29, 0.717) is 6.42 Å². The second kappa shape index (κ2) is 3.67. The second-order valence-corrected chi connectivity index (χ2v) is 3.31. The standard InChI is InChI=1S/C10H13N3O/c1-7-2-5-14-10(7)8(11)6-9-12-3-4-13-9/h2-5,8H,6,11H2,1H3,(H,12,13). The highest BCUT2D eigenvalue weighted by atomic mass is 16.3. The summed E-state index contributed by atoms with van der Waals surface area (Å²) in [4.78, 5) is 7.14. The molecule has 2 aromatic rings. The monoisotopic (exact) mass is 191 g/mol. The first kappa shape index (κ1) is 9.02. The Morgan fingerprint density at radius 2 is 2.50 bits per heavy atom. The van der Waals surface area contributed by atoms with E-state index in [0.717, 1.165) is 17.1 Å². The second-order valence-electron chi connectivity index (χ2n) is 3.31. The zero-order chi connectivity index (χ0) is 9.97. The predicted octanol–water partition coefficient (Wildman–Crippen LogP) is 1.55. The molecule has 74 valence electrons. The van der Waals surface area contributed by atoms with Gasteiger partial charge in [0.15, 0.2) is 0 Å². The van der Waals surface area contributed by atoms with E-state index in [1.807, 2.05) is 13.0 Å². The number of hydrogen-bond acceptors (Lipinski definition) is 3. The van der Waals surface area contributed by atoms with Gasteiger partial charge in [0, 0.05) is 18.8 Å². The molecule has 0 aliphatic rings. The van der Waals surface area contributed by atoms with Crippen LogP contribution >= 0.6 is 0 Å². The Bertz CT molecular complexity index is 391. The minimum Gasteiger partial charge on any atom is -0.467 e. The van der Waals surface area contributed by atoms with Crippen LogP contribution in [0, 0.1) is 6.92 Å². The lowest BCUT2D eigenvalue weighted by atomic mass is 10.1. The number of aryl methyl sites for hydroxylation is 1. The average molecular weight is 191 g/mol. The van der Waals surface area contributed by atoms with Crippen molar-refractivity contribution in [3.8, 4) is 0 Å². The van der Waals surface area contributed by atoms with Crippen LogP contribution in [0.15, 0.2) is 29.1 Å². The number of nitrogens with zero attached hydrogens (tertiary/aromatic N) is 1. The maximum absolute atomic E-state index is 5.98. The number of hydrogen-bond donors (Lipinski definition) is 2. The Balaban J connectivity index is 2.10. The molecule has 4 nitrogen and oxygen atoms in total. The summed E-state index contributed by atoms with van der Waals surface area (Å²) in [6, 6.07) is 1.79. The molecule has 0 aliphatic heterocycles. The van der Waals surface area contributed by atoms with Crippen molar-refractivity contribution in [3.05, 3.63) is 41.9 Å². The van der Waals surface area contributed by atoms with Crippen molar-refractivity contribution in [1.29, 1.82) is 0 Å². The molecule has 0 aromatic carbocycles. The third kappa shape index (κ3) is 1.70. The molecule has 0 radical (unpaired) electrons. The molecule has 3 N–H and O–H groups in total. The number of nitrogens with one attached hydrogen (secondary N) is 1. The molecule has 2 heterocycles. The van der Waals surface area contributed by atoms with Gasteiger partial charge in [-0.05, 0) is 18.6 Å². The normalized spacial score (nSPS) is 13.0. The predicted molar refractivity (Wildman–Crippen MR) is 52.7 cm³/mol. The van der Waals surface area contributed by atoms with E-state index in [1.165, 1.54) is 0 Å². The van der Waals surface area contributed by atoms with Gasteiger partial charge in [-0.2, -0.15) is 0 Å². The zero-order valence-electron chi connectivity index (χ0n) is 8.03. The third-order valence-corrected chi connectivity index (χ3v) is 2.21. The summed E-state index contributed by atoms with van der Waals surface area (Å²) in [5, 5.41) is 0. The Labute approximate surface area is 82.1 Å². The van der Waals surface area contributed by atoms with Crippen LogP contribution in [0.25, 0.3) is 0 Å². The maximum atomic E-state index is 5.98. The lowest BCUT2D eigenvalue weighted by molar-refractivity contribution is 0.458. The fourth-order valence-corrected chi connectivity index (χ4v) is 1.47. The van der Waals surface area contributed by atoms with Gasteiger partial charge in [-0.3, -0.25) is 0 Å². The lowest BCUT2D eigenvalue weighted by Crippen LogP contribution is -2.14. The molecule has 4 heteroatoms. The fraction of sp³-hybridized carbons (Fsp3) is 0.300. The average Bonchev–Trinajstić information content (AvgIpc) is 2.75. The van der Waals surface area contributed by atoms with Crippen molar-refractivity contribution >= 4 is 0 Å². The first-order valence-electron chi connectivity index (χ1n) is 4.55. The molecule has 0 amide bonds. The summed E-state index contributed by atoms with van der Waals surface area (Å²) in [6.07, 6.45) is 5.84. The molecule has 2 aromatic heterocycles. The largest absolute Gasteiger partial charge is 0.467 e. The number of nitrogens with two attached hydrogens (primary N) is 1. The van der Waals surface area contributed by atoms with E-state index in [-0.39, 0.29) is 6.04 Å². The number of H-pyrrole nitrogens is 1. The number of furan rings is 1. The zero-order valence-corrected chi connectivity index (χ0v) is 8.03. The molecule has 0 spiro atoms. The van der Waals surface area contributed by atoms with E-state index < -0.39 is 0 Å². The van der Waals surface area contributed by atoms with E-state index >= 15 is 0 Å². The van der Waals surface area contributed by atoms with Crippen molar-refractivity contribution in [3.63, 3.8) is 0 Å². The molecular weight excluding hydrogens is 178 g/mol. The molecule has 0 aliphatic carbocycles. The molecule has 2 rings (SSSR count). The van der Waals surface area contributed by atoms with Crippen molar-refractivity contribution in [2.45, 2.75) is 19.4 Å². The Morgan fingerprint density at radius 1 is 1.64 bits per heavy atom. The van der Waals surface area contributed by atoms with Gasteiger partial charge in [-0.1, -0.05) is 0 Å². The van der Waals surface area contributed by atoms with Crippen LogP contribution in [0.1, 0.15) is 23.2 Å². The first-order valence-corrected chi connectivity index (χ1v) is 4.55. The Hall–Kier alpha value is -1.55. The molecule has 1 unspecified atom stereocenters. The van der Waals surface area contributed by atoms with Gasteiger partial charge < -0.3 is 15.1 Å². The van der Waals surface area contributed by atoms with Crippen LogP contribution in [0.4, 0.5) is 0 Å². The number of aromatic amines is 1. The number of imidazole rings is 1. The molecular formula is C10H13N3O. The molecule has 0 saturated heterocycles. The van der Waals surface area contributed by atoms with Crippen molar-refractivity contribution in [1.82, 2.24) is 9.97 Å². The molecule has 14 heavy (non-hydrogen) atoms. The van der Waals surface area contributed by atoms with Crippen LogP contribution in [-0.4, -0.2) is 9.97 Å². The summed E-state index contributed by atoms with van der Waals surface area (Å²) in [7, 11) is 0. The molecule has 1 atom stereocenters. The SMILES string of the molecule is Cc1ccoc1C(N)Cc1ncc[nH]1. The van der Waals surface area contributed by atoms with Gasteiger partial charge in [0.2, 0.25) is 0 Å². The van der Waals surface area contributed by atoms with Gasteiger partial charge in [-0.15, -0.1) is 0 Å². The van der Waals surface area contributed by atoms with E-state index in [2.05, 4.69) is 9.97 Å². The van der Waals surface area contributed by atoms with Crippen LogP contribution in [0.2, 0.25) is 0 Å². The van der Waals surface area contributed by atoms with E-state index in [9.17, 15) is 0 Å². The van der Waals surface area contributed by atoms with Gasteiger partial charge in [0.1, 0.15) is 11.6 Å². The highest BCUT2D eigenvalue weighted by molar-refractivity contribution is 5.18. The summed E-state index contributed by atoms with van der Waals surface area (Å²) >= 11 is 0. The highest BCUT2D eigenvalue weighted by Crippen LogP contribution is 2.18. The van der Waals surface area contributed by atoms with Crippen LogP contribution in [0.5, 0.6) is 0 Å². The summed E-state index contributed by atoms with van der Waals surface area (Å²) in [6.45, 7) is 1.99. The van der Waals surface area contributed by atoms with Crippen LogP contribution in [-0.2, 0) is 6.42 Å². The van der Waals surface area contributed by atoms with Gasteiger partial charge in [-0.25, -0.2) is 4.98 Å². The number of rotatable bonds is 3. The van der Waals surface area contributed by atoms with Crippen molar-refractivity contribution < 1.29 is 4.42 Å². The van der Waals surface area contributed by atoms with E-state index in [4.69, 9.17) is 10.2 Å². The van der Waals surface area contributed by atoms with Crippen molar-refractivity contribution in [2.24, 2.45) is 5.73 Å².